The van der Waals surface area contributed by atoms with Crippen LogP contribution in [0.3, 0.4) is 0 Å². The molecule has 6 heteroatoms. The van der Waals surface area contributed by atoms with E-state index >= 15 is 0 Å². The van der Waals surface area contributed by atoms with Crippen molar-refractivity contribution < 1.29 is 9.59 Å². The van der Waals surface area contributed by atoms with Crippen LogP contribution in [-0.2, 0) is 9.59 Å². The van der Waals surface area contributed by atoms with Crippen LogP contribution >= 0.6 is 0 Å². The molecule has 0 bridgehead atoms. The zero-order chi connectivity index (χ0) is 18.4. The van der Waals surface area contributed by atoms with Crippen molar-refractivity contribution in [1.29, 1.82) is 0 Å². The summed E-state index contributed by atoms with van der Waals surface area (Å²) in [4.78, 5) is 28.4. The Kier molecular flexibility index (Phi) is 6.42. The molecule has 1 aliphatic rings. The molecule has 0 spiro atoms. The van der Waals surface area contributed by atoms with E-state index in [0.29, 0.717) is 6.54 Å². The van der Waals surface area contributed by atoms with Gasteiger partial charge < -0.3 is 20.4 Å². The summed E-state index contributed by atoms with van der Waals surface area (Å²) in [5.41, 5.74) is 1.53. The molecule has 1 aliphatic heterocycles. The Hall–Kier alpha value is -2.08. The lowest BCUT2D eigenvalue weighted by Gasteiger charge is -2.34. The summed E-state index contributed by atoms with van der Waals surface area (Å²) in [7, 11) is 2.14. The van der Waals surface area contributed by atoms with E-state index in [-0.39, 0.29) is 18.2 Å². The van der Waals surface area contributed by atoms with Crippen LogP contribution in [-0.4, -0.2) is 56.5 Å². The topological polar surface area (TPSA) is 64.7 Å². The summed E-state index contributed by atoms with van der Waals surface area (Å²) in [6.45, 7) is 10.1. The van der Waals surface area contributed by atoms with E-state index in [4.69, 9.17) is 0 Å². The summed E-state index contributed by atoms with van der Waals surface area (Å²) in [6.07, 6.45) is 0.266. The Bertz CT molecular complexity index is 584. The van der Waals surface area contributed by atoms with Crippen LogP contribution in [0.4, 0.5) is 11.4 Å². The number of likely N-dealkylation sites (N-methyl/N-ethyl adjacent to an activating group) is 1. The van der Waals surface area contributed by atoms with E-state index in [1.54, 1.807) is 0 Å². The van der Waals surface area contributed by atoms with Gasteiger partial charge in [0.2, 0.25) is 11.8 Å². The monoisotopic (exact) mass is 346 g/mol. The molecule has 1 aromatic carbocycles. The number of piperazine rings is 1. The van der Waals surface area contributed by atoms with Gasteiger partial charge in [0.25, 0.3) is 0 Å². The van der Waals surface area contributed by atoms with Gasteiger partial charge >= 0.3 is 0 Å². The largest absolute Gasteiger partial charge is 0.369 e. The fraction of sp³-hybridized carbons (Fsp3) is 0.579. The number of carbonyl (C=O) groups is 2. The van der Waals surface area contributed by atoms with Crippen molar-refractivity contribution in [3.63, 3.8) is 0 Å². The van der Waals surface area contributed by atoms with E-state index in [1.165, 1.54) is 5.69 Å². The molecule has 6 nitrogen and oxygen atoms in total. The van der Waals surface area contributed by atoms with E-state index in [2.05, 4.69) is 27.5 Å². The van der Waals surface area contributed by atoms with E-state index in [0.717, 1.165) is 31.9 Å². The second-order valence-corrected chi connectivity index (χ2v) is 7.64. The SMILES string of the molecule is CN1CCN(c2ccc(NC(=O)CCNC(=O)C(C)(C)C)cc2)CC1. The molecule has 1 heterocycles. The van der Waals surface area contributed by atoms with Crippen molar-refractivity contribution in [3.8, 4) is 0 Å². The molecule has 2 N–H and O–H groups in total. The standard InChI is InChI=1S/C19H30N4O2/c1-19(2,3)18(25)20-10-9-17(24)21-15-5-7-16(8-6-15)23-13-11-22(4)12-14-23/h5-8H,9-14H2,1-4H3,(H,20,25)(H,21,24). The first-order valence-corrected chi connectivity index (χ1v) is 8.87. The number of hydrogen-bond acceptors (Lipinski definition) is 4. The number of rotatable bonds is 5. The number of anilines is 2. The second-order valence-electron chi connectivity index (χ2n) is 7.64. The van der Waals surface area contributed by atoms with Gasteiger partial charge in [0.05, 0.1) is 0 Å². The van der Waals surface area contributed by atoms with Crippen molar-refractivity contribution >= 4 is 23.2 Å². The van der Waals surface area contributed by atoms with Crippen molar-refractivity contribution in [2.24, 2.45) is 5.41 Å². The molecule has 0 saturated carbocycles. The quantitative estimate of drug-likeness (QED) is 0.855. The Balaban J connectivity index is 1.77. The number of nitrogens with zero attached hydrogens (tertiary/aromatic N) is 2. The first kappa shape index (κ1) is 19.2. The predicted octanol–water partition coefficient (Wildman–Crippen LogP) is 1.93. The van der Waals surface area contributed by atoms with Gasteiger partial charge in [-0.05, 0) is 31.3 Å². The molecule has 138 valence electrons. The molecule has 25 heavy (non-hydrogen) atoms. The number of hydrogen-bond donors (Lipinski definition) is 2. The summed E-state index contributed by atoms with van der Waals surface area (Å²) < 4.78 is 0. The number of carbonyl (C=O) groups excluding carboxylic acids is 2. The van der Waals surface area contributed by atoms with E-state index in [9.17, 15) is 9.59 Å². The van der Waals surface area contributed by atoms with Crippen LogP contribution in [0.15, 0.2) is 24.3 Å². The maximum absolute atomic E-state index is 12.0. The van der Waals surface area contributed by atoms with Crippen LogP contribution in [0.5, 0.6) is 0 Å². The van der Waals surface area contributed by atoms with Gasteiger partial charge in [0.1, 0.15) is 0 Å². The number of amides is 2. The van der Waals surface area contributed by atoms with Crippen LogP contribution in [0.25, 0.3) is 0 Å². The molecule has 0 aliphatic carbocycles. The first-order chi connectivity index (χ1) is 11.8. The minimum absolute atomic E-state index is 0.0446. The third kappa shape index (κ3) is 6.05. The molecule has 2 amide bonds. The average molecular weight is 346 g/mol. The van der Waals surface area contributed by atoms with Crippen LogP contribution < -0.4 is 15.5 Å². The third-order valence-corrected chi connectivity index (χ3v) is 4.34. The third-order valence-electron chi connectivity index (χ3n) is 4.34. The van der Waals surface area contributed by atoms with Crippen molar-refractivity contribution in [2.75, 3.05) is 50.0 Å². The Morgan fingerprint density at radius 3 is 2.20 bits per heavy atom. The zero-order valence-electron chi connectivity index (χ0n) is 15.8. The minimum atomic E-state index is -0.435. The molecule has 0 radical (unpaired) electrons. The maximum Gasteiger partial charge on any atom is 0.226 e. The molecular weight excluding hydrogens is 316 g/mol. The molecule has 0 unspecified atom stereocenters. The van der Waals surface area contributed by atoms with Crippen molar-refractivity contribution in [3.05, 3.63) is 24.3 Å². The van der Waals surface area contributed by atoms with Gasteiger partial charge in [0, 0.05) is 55.9 Å². The van der Waals surface area contributed by atoms with Crippen LogP contribution in [0.2, 0.25) is 0 Å². The predicted molar refractivity (Wildman–Crippen MR) is 102 cm³/mol. The minimum Gasteiger partial charge on any atom is -0.369 e. The molecule has 1 aromatic rings. The maximum atomic E-state index is 12.0. The Morgan fingerprint density at radius 1 is 1.04 bits per heavy atom. The fourth-order valence-corrected chi connectivity index (χ4v) is 2.60. The Labute approximate surface area is 150 Å². The highest BCUT2D eigenvalue weighted by Gasteiger charge is 2.20. The molecule has 1 saturated heterocycles. The number of nitrogens with one attached hydrogen (secondary N) is 2. The first-order valence-electron chi connectivity index (χ1n) is 8.87. The van der Waals surface area contributed by atoms with Gasteiger partial charge in [-0.3, -0.25) is 9.59 Å². The molecule has 1 fully saturated rings. The summed E-state index contributed by atoms with van der Waals surface area (Å²) in [5.74, 6) is -0.140. The van der Waals surface area contributed by atoms with Crippen LogP contribution in [0.1, 0.15) is 27.2 Å². The normalized spacial score (nSPS) is 15.8. The van der Waals surface area contributed by atoms with Gasteiger partial charge in [-0.15, -0.1) is 0 Å². The smallest absolute Gasteiger partial charge is 0.226 e. The fourth-order valence-electron chi connectivity index (χ4n) is 2.60. The van der Waals surface area contributed by atoms with Gasteiger partial charge in [0.15, 0.2) is 0 Å². The summed E-state index contributed by atoms with van der Waals surface area (Å²) in [6, 6.07) is 7.95. The second kappa shape index (κ2) is 8.34. The molecule has 0 aromatic heterocycles. The number of benzene rings is 1. The highest BCUT2D eigenvalue weighted by atomic mass is 16.2. The highest BCUT2D eigenvalue weighted by molar-refractivity contribution is 5.91. The Morgan fingerprint density at radius 2 is 1.64 bits per heavy atom. The van der Waals surface area contributed by atoms with Gasteiger partial charge in [-0.1, -0.05) is 20.8 Å². The highest BCUT2D eigenvalue weighted by Crippen LogP contribution is 2.19. The lowest BCUT2D eigenvalue weighted by Crippen LogP contribution is -2.44. The summed E-state index contributed by atoms with van der Waals surface area (Å²) in [5, 5.41) is 5.66. The average Bonchev–Trinajstić information content (AvgIpc) is 2.55. The van der Waals surface area contributed by atoms with Crippen LogP contribution in [0, 0.1) is 5.41 Å². The molecule has 0 atom stereocenters. The van der Waals surface area contributed by atoms with E-state index in [1.807, 2.05) is 45.0 Å². The zero-order valence-corrected chi connectivity index (χ0v) is 15.8. The molecule has 2 rings (SSSR count). The summed E-state index contributed by atoms with van der Waals surface area (Å²) >= 11 is 0. The van der Waals surface area contributed by atoms with E-state index < -0.39 is 5.41 Å². The molecular formula is C19H30N4O2. The van der Waals surface area contributed by atoms with Gasteiger partial charge in [-0.2, -0.15) is 0 Å². The van der Waals surface area contributed by atoms with Crippen molar-refractivity contribution in [1.82, 2.24) is 10.2 Å². The lowest BCUT2D eigenvalue weighted by atomic mass is 9.96. The van der Waals surface area contributed by atoms with Gasteiger partial charge in [-0.25, -0.2) is 0 Å². The lowest BCUT2D eigenvalue weighted by molar-refractivity contribution is -0.128. The van der Waals surface area contributed by atoms with Crippen molar-refractivity contribution in [2.45, 2.75) is 27.2 Å².